The molecule has 0 fully saturated rings. The predicted molar refractivity (Wildman–Crippen MR) is 170 cm³/mol. The normalized spacial score (nSPS) is 11.2. The number of rotatable bonds is 11. The maximum atomic E-state index is 15.0. The minimum Gasteiger partial charge on any atom is -0.453 e. The minimum absolute atomic E-state index is 0.00561. The van der Waals surface area contributed by atoms with Gasteiger partial charge in [0, 0.05) is 49.2 Å². The molecular formula is C31H34FN5O3S2. The Balaban J connectivity index is 1.37. The van der Waals surface area contributed by atoms with Crippen molar-refractivity contribution in [1.82, 2.24) is 20.5 Å². The summed E-state index contributed by atoms with van der Waals surface area (Å²) in [6.45, 7) is 9.80. The van der Waals surface area contributed by atoms with Gasteiger partial charge in [0.15, 0.2) is 16.7 Å². The lowest BCUT2D eigenvalue weighted by Crippen LogP contribution is -2.42. The van der Waals surface area contributed by atoms with Crippen molar-refractivity contribution in [2.45, 2.75) is 46.2 Å². The maximum Gasteiger partial charge on any atom is 0.261 e. The molecule has 11 heteroatoms. The Labute approximate surface area is 254 Å². The Morgan fingerprint density at radius 1 is 1.02 bits per heavy atom. The highest BCUT2D eigenvalue weighted by Crippen LogP contribution is 2.36. The number of pyridine rings is 1. The van der Waals surface area contributed by atoms with Crippen LogP contribution < -0.4 is 20.7 Å². The molecule has 0 aliphatic rings. The smallest absolute Gasteiger partial charge is 0.261 e. The number of ether oxygens (including phenoxy) is 1. The van der Waals surface area contributed by atoms with Gasteiger partial charge in [0.2, 0.25) is 5.91 Å². The second kappa shape index (κ2) is 14.3. The van der Waals surface area contributed by atoms with Crippen molar-refractivity contribution in [1.29, 1.82) is 0 Å². The number of hydrogen-bond acceptors (Lipinski definition) is 7. The zero-order chi connectivity index (χ0) is 30.2. The number of thiophene rings is 1. The number of carbonyl (C=O) groups excluding carboxylic acids is 2. The van der Waals surface area contributed by atoms with E-state index in [0.29, 0.717) is 45.2 Å². The zero-order valence-electron chi connectivity index (χ0n) is 23.9. The molecule has 220 valence electrons. The highest BCUT2D eigenvalue weighted by molar-refractivity contribution is 7.80. The molecule has 0 spiro atoms. The topological polar surface area (TPSA) is 95.6 Å². The minimum atomic E-state index is -0.627. The van der Waals surface area contributed by atoms with Crippen LogP contribution in [0.3, 0.4) is 0 Å². The Morgan fingerprint density at radius 2 is 1.76 bits per heavy atom. The molecule has 2 amide bonds. The maximum absolute atomic E-state index is 15.0. The summed E-state index contributed by atoms with van der Waals surface area (Å²) in [4.78, 5) is 32.3. The Morgan fingerprint density at radius 3 is 2.45 bits per heavy atom. The predicted octanol–water partition coefficient (Wildman–Crippen LogP) is 6.13. The lowest BCUT2D eigenvalue weighted by Gasteiger charge is -2.30. The SMILES string of the molecule is CC(C)N(CCNC(=O)c1cc2nccc(Oc3ccc(NC(=S)NC(=O)Cc4ccccc4)cc3F)c2s1)C(C)C. The molecule has 0 bridgehead atoms. The molecule has 42 heavy (non-hydrogen) atoms. The zero-order valence-corrected chi connectivity index (χ0v) is 25.6. The summed E-state index contributed by atoms with van der Waals surface area (Å²) in [5.41, 5.74) is 1.80. The summed E-state index contributed by atoms with van der Waals surface area (Å²) in [6, 6.07) is 17.7. The van der Waals surface area contributed by atoms with Crippen LogP contribution in [0.5, 0.6) is 11.5 Å². The van der Waals surface area contributed by atoms with Crippen molar-refractivity contribution in [2.24, 2.45) is 0 Å². The van der Waals surface area contributed by atoms with E-state index in [0.717, 1.165) is 12.1 Å². The molecule has 0 aliphatic heterocycles. The Bertz CT molecular complexity index is 1550. The summed E-state index contributed by atoms with van der Waals surface area (Å²) >= 11 is 6.45. The molecular weight excluding hydrogens is 574 g/mol. The molecule has 2 aromatic heterocycles. The van der Waals surface area contributed by atoms with Gasteiger partial charge in [0.25, 0.3) is 5.91 Å². The molecule has 0 atom stereocenters. The number of halogens is 1. The fraction of sp³-hybridized carbons (Fsp3) is 0.290. The van der Waals surface area contributed by atoms with Gasteiger partial charge in [-0.3, -0.25) is 19.5 Å². The summed E-state index contributed by atoms with van der Waals surface area (Å²) < 4.78 is 21.5. The lowest BCUT2D eigenvalue weighted by atomic mass is 10.1. The quantitative estimate of drug-likeness (QED) is 0.177. The largest absolute Gasteiger partial charge is 0.453 e. The number of anilines is 1. The molecule has 4 rings (SSSR count). The van der Waals surface area contributed by atoms with Crippen molar-refractivity contribution in [3.63, 3.8) is 0 Å². The first kappa shape index (κ1) is 31.0. The fourth-order valence-corrected chi connectivity index (χ4v) is 5.71. The van der Waals surface area contributed by atoms with E-state index < -0.39 is 5.82 Å². The van der Waals surface area contributed by atoms with Gasteiger partial charge in [-0.15, -0.1) is 11.3 Å². The van der Waals surface area contributed by atoms with E-state index >= 15 is 4.39 Å². The first-order valence-corrected chi connectivity index (χ1v) is 14.9. The van der Waals surface area contributed by atoms with Crippen molar-refractivity contribution >= 4 is 56.4 Å². The molecule has 0 radical (unpaired) electrons. The molecule has 0 aliphatic carbocycles. The molecule has 0 saturated carbocycles. The second-order valence-electron chi connectivity index (χ2n) is 10.2. The van der Waals surface area contributed by atoms with Crippen LogP contribution in [0.4, 0.5) is 10.1 Å². The van der Waals surface area contributed by atoms with Gasteiger partial charge < -0.3 is 20.7 Å². The number of nitrogens with one attached hydrogen (secondary N) is 3. The average molecular weight is 608 g/mol. The number of hydrogen-bond donors (Lipinski definition) is 3. The van der Waals surface area contributed by atoms with E-state index in [-0.39, 0.29) is 29.1 Å². The van der Waals surface area contributed by atoms with Crippen molar-refractivity contribution in [3.05, 3.63) is 83.1 Å². The summed E-state index contributed by atoms with van der Waals surface area (Å²) in [6.07, 6.45) is 1.73. The number of fused-ring (bicyclic) bond motifs is 1. The van der Waals surface area contributed by atoms with Crippen LogP contribution in [0.2, 0.25) is 0 Å². The standard InChI is InChI=1S/C31H34FN5O3S2/c1-19(2)37(20(3)4)15-14-34-30(39)27-18-24-29(42-27)26(12-13-33-24)40-25-11-10-22(17-23(25)32)35-31(41)36-28(38)16-21-8-6-5-7-9-21/h5-13,17-20H,14-16H2,1-4H3,(H,34,39)(H2,35,36,38,41). The van der Waals surface area contributed by atoms with Gasteiger partial charge in [-0.1, -0.05) is 30.3 Å². The van der Waals surface area contributed by atoms with Gasteiger partial charge in [-0.25, -0.2) is 4.39 Å². The molecule has 8 nitrogen and oxygen atoms in total. The molecule has 0 saturated heterocycles. The number of nitrogens with zero attached hydrogens (tertiary/aromatic N) is 2. The highest BCUT2D eigenvalue weighted by atomic mass is 32.1. The monoisotopic (exact) mass is 607 g/mol. The van der Waals surface area contributed by atoms with Gasteiger partial charge >= 0.3 is 0 Å². The first-order chi connectivity index (χ1) is 20.1. The molecule has 4 aromatic rings. The second-order valence-corrected chi connectivity index (χ2v) is 11.7. The van der Waals surface area contributed by atoms with Crippen LogP contribution in [0.1, 0.15) is 42.9 Å². The number of benzene rings is 2. The third-order valence-corrected chi connectivity index (χ3v) is 7.79. The van der Waals surface area contributed by atoms with Crippen LogP contribution in [0.25, 0.3) is 10.2 Å². The van der Waals surface area contributed by atoms with Crippen LogP contribution in [-0.4, -0.2) is 52.0 Å². The third-order valence-electron chi connectivity index (χ3n) is 6.45. The first-order valence-electron chi connectivity index (χ1n) is 13.7. The summed E-state index contributed by atoms with van der Waals surface area (Å²) in [7, 11) is 0. The van der Waals surface area contributed by atoms with E-state index in [2.05, 4.69) is 53.5 Å². The number of carbonyl (C=O) groups is 2. The van der Waals surface area contributed by atoms with Crippen LogP contribution in [0, 0.1) is 5.82 Å². The van der Waals surface area contributed by atoms with Crippen molar-refractivity contribution in [2.75, 3.05) is 18.4 Å². The average Bonchev–Trinajstić information content (AvgIpc) is 3.38. The Kier molecular flexibility index (Phi) is 10.6. The molecule has 2 aromatic carbocycles. The van der Waals surface area contributed by atoms with Crippen LogP contribution in [-0.2, 0) is 11.2 Å². The molecule has 0 unspecified atom stereocenters. The third kappa shape index (κ3) is 8.31. The van der Waals surface area contributed by atoms with Crippen LogP contribution in [0.15, 0.2) is 66.9 Å². The van der Waals surface area contributed by atoms with E-state index in [9.17, 15) is 9.59 Å². The highest BCUT2D eigenvalue weighted by Gasteiger charge is 2.17. The van der Waals surface area contributed by atoms with Gasteiger partial charge in [0.05, 0.1) is 21.5 Å². The number of thiocarbonyl (C=S) groups is 1. The van der Waals surface area contributed by atoms with E-state index in [4.69, 9.17) is 17.0 Å². The van der Waals surface area contributed by atoms with E-state index in [1.807, 2.05) is 30.3 Å². The summed E-state index contributed by atoms with van der Waals surface area (Å²) in [5.74, 6) is -0.715. The number of aromatic nitrogens is 1. The molecule has 2 heterocycles. The van der Waals surface area contributed by atoms with Gasteiger partial charge in [-0.05, 0) is 63.7 Å². The van der Waals surface area contributed by atoms with Crippen molar-refractivity contribution < 1.29 is 18.7 Å². The lowest BCUT2D eigenvalue weighted by molar-refractivity contribution is -0.119. The van der Waals surface area contributed by atoms with Crippen LogP contribution >= 0.6 is 23.6 Å². The number of amides is 2. The van der Waals surface area contributed by atoms with E-state index in [1.54, 1.807) is 24.4 Å². The Hall–Kier alpha value is -3.93. The van der Waals surface area contributed by atoms with E-state index in [1.165, 1.54) is 23.5 Å². The van der Waals surface area contributed by atoms with Crippen molar-refractivity contribution in [3.8, 4) is 11.5 Å². The molecule has 3 N–H and O–H groups in total. The van der Waals surface area contributed by atoms with Gasteiger partial charge in [0.1, 0.15) is 5.75 Å². The fourth-order valence-electron chi connectivity index (χ4n) is 4.50. The summed E-state index contributed by atoms with van der Waals surface area (Å²) in [5, 5.41) is 8.46. The van der Waals surface area contributed by atoms with Gasteiger partial charge in [-0.2, -0.15) is 0 Å².